The predicted molar refractivity (Wildman–Crippen MR) is 112 cm³/mol. The minimum absolute atomic E-state index is 0.0787. The summed E-state index contributed by atoms with van der Waals surface area (Å²) in [6, 6.07) is 7.77. The first kappa shape index (κ1) is 20.5. The fourth-order valence-electron chi connectivity index (χ4n) is 3.72. The number of carbonyl (C=O) groups excluding carboxylic acids is 1. The quantitative estimate of drug-likeness (QED) is 0.744. The van der Waals surface area contributed by atoms with Crippen LogP contribution in [-0.4, -0.2) is 43.0 Å². The van der Waals surface area contributed by atoms with Crippen LogP contribution < -0.4 is 4.90 Å². The molecule has 1 aromatic heterocycles. The number of benzene rings is 1. The highest BCUT2D eigenvalue weighted by atomic mass is 32.2. The summed E-state index contributed by atoms with van der Waals surface area (Å²) in [5, 5.41) is 0. The van der Waals surface area contributed by atoms with E-state index in [1.807, 2.05) is 32.0 Å². The van der Waals surface area contributed by atoms with Crippen molar-refractivity contribution >= 4 is 21.6 Å². The van der Waals surface area contributed by atoms with Gasteiger partial charge in [-0.1, -0.05) is 13.0 Å². The van der Waals surface area contributed by atoms with Crippen molar-refractivity contribution in [2.24, 2.45) is 0 Å². The molecule has 0 saturated carbocycles. The Hall–Kier alpha value is -2.25. The molecule has 0 spiro atoms. The zero-order valence-corrected chi connectivity index (χ0v) is 17.7. The summed E-state index contributed by atoms with van der Waals surface area (Å²) < 4.78 is 26.3. The third-order valence-electron chi connectivity index (χ3n) is 5.46. The lowest BCUT2D eigenvalue weighted by Gasteiger charge is -2.27. The lowest BCUT2D eigenvalue weighted by atomic mass is 9.96. The van der Waals surface area contributed by atoms with Gasteiger partial charge in [0.2, 0.25) is 15.9 Å². The van der Waals surface area contributed by atoms with Crippen molar-refractivity contribution in [3.05, 3.63) is 47.8 Å². The molecule has 0 bridgehead atoms. The van der Waals surface area contributed by atoms with Gasteiger partial charge in [-0.2, -0.15) is 4.31 Å². The summed E-state index contributed by atoms with van der Waals surface area (Å²) in [7, 11) is -1.49. The van der Waals surface area contributed by atoms with Crippen LogP contribution in [-0.2, 0) is 21.2 Å². The topological polar surface area (TPSA) is 70.6 Å². The van der Waals surface area contributed by atoms with Gasteiger partial charge in [0, 0.05) is 49.7 Å². The molecule has 0 fully saturated rings. The van der Waals surface area contributed by atoms with Crippen molar-refractivity contribution in [2.75, 3.05) is 24.2 Å². The van der Waals surface area contributed by atoms with E-state index >= 15 is 0 Å². The van der Waals surface area contributed by atoms with Crippen LogP contribution in [0.3, 0.4) is 0 Å². The first-order chi connectivity index (χ1) is 13.3. The van der Waals surface area contributed by atoms with Crippen LogP contribution in [0.25, 0.3) is 11.1 Å². The second-order valence-electron chi connectivity index (χ2n) is 7.08. The molecule has 0 aliphatic carbocycles. The summed E-state index contributed by atoms with van der Waals surface area (Å²) in [6.07, 6.45) is 4.77. The summed E-state index contributed by atoms with van der Waals surface area (Å²) in [4.78, 5) is 18.0. The number of carbonyl (C=O) groups is 1. The van der Waals surface area contributed by atoms with Gasteiger partial charge in [0.05, 0.1) is 5.75 Å². The Labute approximate surface area is 167 Å². The molecule has 2 aromatic rings. The van der Waals surface area contributed by atoms with Crippen molar-refractivity contribution < 1.29 is 13.2 Å². The number of hydrogen-bond donors (Lipinski definition) is 0. The lowest BCUT2D eigenvalue weighted by molar-refractivity contribution is -0.118. The number of rotatable bonds is 6. The van der Waals surface area contributed by atoms with Crippen LogP contribution in [0.4, 0.5) is 5.69 Å². The third-order valence-corrected chi connectivity index (χ3v) is 7.48. The largest absolute Gasteiger partial charge is 0.315 e. The maximum absolute atomic E-state index is 12.4. The van der Waals surface area contributed by atoms with Crippen molar-refractivity contribution in [1.82, 2.24) is 9.29 Å². The summed E-state index contributed by atoms with van der Waals surface area (Å²) in [5.41, 5.74) is 4.91. The van der Waals surface area contributed by atoms with Gasteiger partial charge >= 0.3 is 0 Å². The number of sulfonamides is 1. The van der Waals surface area contributed by atoms with Gasteiger partial charge < -0.3 is 4.90 Å². The van der Waals surface area contributed by atoms with E-state index < -0.39 is 10.0 Å². The average Bonchev–Trinajstić information content (AvgIpc) is 2.71. The Morgan fingerprint density at radius 1 is 1.14 bits per heavy atom. The van der Waals surface area contributed by atoms with Crippen LogP contribution in [0.2, 0.25) is 0 Å². The van der Waals surface area contributed by atoms with Crippen LogP contribution in [0.15, 0.2) is 36.7 Å². The van der Waals surface area contributed by atoms with E-state index in [9.17, 15) is 13.2 Å². The molecular formula is C21H27N3O3S. The van der Waals surface area contributed by atoms with Gasteiger partial charge in [-0.15, -0.1) is 0 Å². The zero-order valence-electron chi connectivity index (χ0n) is 16.8. The van der Waals surface area contributed by atoms with E-state index in [0.717, 1.165) is 34.4 Å². The summed E-state index contributed by atoms with van der Waals surface area (Å²) >= 11 is 0. The molecule has 3 rings (SSSR count). The van der Waals surface area contributed by atoms with Crippen LogP contribution in [0.1, 0.15) is 44.4 Å². The van der Waals surface area contributed by atoms with Gasteiger partial charge in [-0.05, 0) is 55.2 Å². The molecule has 7 heteroatoms. The molecular weight excluding hydrogens is 374 g/mol. The summed E-state index contributed by atoms with van der Waals surface area (Å²) in [6.45, 7) is 5.82. The van der Waals surface area contributed by atoms with Crippen molar-refractivity contribution in [3.8, 4) is 11.1 Å². The highest BCUT2D eigenvalue weighted by molar-refractivity contribution is 7.89. The molecule has 1 unspecified atom stereocenters. The molecule has 0 N–H and O–H groups in total. The Morgan fingerprint density at radius 2 is 1.89 bits per heavy atom. The van der Waals surface area contributed by atoms with Gasteiger partial charge in [-0.3, -0.25) is 9.78 Å². The number of anilines is 1. The minimum Gasteiger partial charge on any atom is -0.315 e. The van der Waals surface area contributed by atoms with E-state index in [-0.39, 0.29) is 17.7 Å². The van der Waals surface area contributed by atoms with Gasteiger partial charge in [0.15, 0.2) is 0 Å². The van der Waals surface area contributed by atoms with Gasteiger partial charge in [0.25, 0.3) is 0 Å². The maximum Gasteiger partial charge on any atom is 0.227 e. The van der Waals surface area contributed by atoms with Crippen molar-refractivity contribution in [1.29, 1.82) is 0 Å². The molecule has 1 aliphatic rings. The number of pyridine rings is 1. The average molecular weight is 402 g/mol. The third kappa shape index (κ3) is 3.82. The first-order valence-electron chi connectivity index (χ1n) is 9.62. The second kappa shape index (κ2) is 8.01. The highest BCUT2D eigenvalue weighted by Crippen LogP contribution is 2.32. The molecule has 1 amide bonds. The normalized spacial score (nSPS) is 15.6. The van der Waals surface area contributed by atoms with Crippen LogP contribution in [0.5, 0.6) is 0 Å². The van der Waals surface area contributed by atoms with E-state index in [1.165, 1.54) is 4.31 Å². The second-order valence-corrected chi connectivity index (χ2v) is 9.29. The Balaban J connectivity index is 1.95. The monoisotopic (exact) mass is 401 g/mol. The molecule has 150 valence electrons. The molecule has 1 aliphatic heterocycles. The first-order valence-corrected chi connectivity index (χ1v) is 11.2. The molecule has 2 heterocycles. The zero-order chi connectivity index (χ0) is 20.5. The number of aromatic nitrogens is 1. The fourth-order valence-corrected chi connectivity index (χ4v) is 5.05. The smallest absolute Gasteiger partial charge is 0.227 e. The van der Waals surface area contributed by atoms with Crippen LogP contribution >= 0.6 is 0 Å². The lowest BCUT2D eigenvalue weighted by Crippen LogP contribution is -2.34. The highest BCUT2D eigenvalue weighted by Gasteiger charge is 2.26. The molecule has 6 nitrogen and oxygen atoms in total. The Morgan fingerprint density at radius 3 is 2.57 bits per heavy atom. The predicted octanol–water partition coefficient (Wildman–Crippen LogP) is 3.39. The minimum atomic E-state index is -3.29. The standard InChI is InChI=1S/C21H27N3O3S/c1-5-24(28(26,27)6-2)15(3)18-12-19(14-22-13-18)16-7-9-20-17(11-16)8-10-21(25)23(20)4/h7,9,11-15H,5-6,8,10H2,1-4H3. The Kier molecular flexibility index (Phi) is 5.86. The molecule has 1 aromatic carbocycles. The van der Waals surface area contributed by atoms with Crippen molar-refractivity contribution in [3.63, 3.8) is 0 Å². The SMILES string of the molecule is CCN(C(C)c1cncc(-c2ccc3c(c2)CCC(=O)N3C)c1)S(=O)(=O)CC. The van der Waals surface area contributed by atoms with E-state index in [2.05, 4.69) is 11.1 Å². The number of hydrogen-bond acceptors (Lipinski definition) is 4. The maximum atomic E-state index is 12.4. The molecule has 0 saturated heterocycles. The molecule has 0 radical (unpaired) electrons. The van der Waals surface area contributed by atoms with E-state index in [1.54, 1.807) is 31.3 Å². The number of aryl methyl sites for hydroxylation is 1. The Bertz CT molecular complexity index is 988. The number of amides is 1. The van der Waals surface area contributed by atoms with Crippen LogP contribution in [0, 0.1) is 0 Å². The number of nitrogens with zero attached hydrogens (tertiary/aromatic N) is 3. The summed E-state index contributed by atoms with van der Waals surface area (Å²) in [5.74, 6) is 0.213. The van der Waals surface area contributed by atoms with Gasteiger partial charge in [-0.25, -0.2) is 8.42 Å². The van der Waals surface area contributed by atoms with E-state index in [4.69, 9.17) is 0 Å². The molecule has 28 heavy (non-hydrogen) atoms. The van der Waals surface area contributed by atoms with Gasteiger partial charge in [0.1, 0.15) is 0 Å². The molecule has 1 atom stereocenters. The van der Waals surface area contributed by atoms with E-state index in [0.29, 0.717) is 13.0 Å². The van der Waals surface area contributed by atoms with Crippen molar-refractivity contribution in [2.45, 2.75) is 39.7 Å². The number of fused-ring (bicyclic) bond motifs is 1. The fraction of sp³-hybridized carbons (Fsp3) is 0.429.